The molecule has 0 aromatic rings. The van der Waals surface area contributed by atoms with Crippen molar-refractivity contribution in [3.05, 3.63) is 0 Å². The molecule has 4 heteroatoms. The van der Waals surface area contributed by atoms with Crippen LogP contribution >= 0.6 is 0 Å². The van der Waals surface area contributed by atoms with E-state index in [9.17, 15) is 0 Å². The molecule has 0 aromatic carbocycles. The summed E-state index contributed by atoms with van der Waals surface area (Å²) < 4.78 is 16.3. The summed E-state index contributed by atoms with van der Waals surface area (Å²) in [4.78, 5) is 2.46. The molecule has 0 saturated carbocycles. The van der Waals surface area contributed by atoms with E-state index < -0.39 is 6.48 Å². The zero-order valence-corrected chi connectivity index (χ0v) is 9.48. The van der Waals surface area contributed by atoms with Crippen molar-refractivity contribution in [2.24, 2.45) is 0 Å². The monoisotopic (exact) mass is 215 g/mol. The van der Waals surface area contributed by atoms with E-state index in [0.29, 0.717) is 13.2 Å². The standard InChI is InChI=1S/C11H21NO3/c1-2-13-11-14-9-10(15-11)8-12-6-4-3-5-7-12/h10-11H,2-9H2,1H3. The highest BCUT2D eigenvalue weighted by Gasteiger charge is 2.28. The number of hydrogen-bond donors (Lipinski definition) is 0. The summed E-state index contributed by atoms with van der Waals surface area (Å²) in [7, 11) is 0. The lowest BCUT2D eigenvalue weighted by Gasteiger charge is -2.28. The second kappa shape index (κ2) is 5.80. The average molecular weight is 215 g/mol. The van der Waals surface area contributed by atoms with Crippen LogP contribution in [0.5, 0.6) is 0 Å². The molecule has 88 valence electrons. The predicted octanol–water partition coefficient (Wildman–Crippen LogP) is 1.21. The summed E-state index contributed by atoms with van der Waals surface area (Å²) in [5.74, 6) is 0. The van der Waals surface area contributed by atoms with Crippen LogP contribution in [0.2, 0.25) is 0 Å². The maximum absolute atomic E-state index is 5.62. The van der Waals surface area contributed by atoms with E-state index in [0.717, 1.165) is 6.54 Å². The minimum absolute atomic E-state index is 0.194. The molecule has 2 aliphatic rings. The van der Waals surface area contributed by atoms with Crippen LogP contribution in [0.4, 0.5) is 0 Å². The van der Waals surface area contributed by atoms with Crippen molar-refractivity contribution in [1.82, 2.24) is 4.90 Å². The molecule has 0 spiro atoms. The van der Waals surface area contributed by atoms with Gasteiger partial charge in [-0.25, -0.2) is 0 Å². The molecule has 2 unspecified atom stereocenters. The fourth-order valence-corrected chi connectivity index (χ4v) is 2.17. The van der Waals surface area contributed by atoms with Crippen molar-refractivity contribution in [3.8, 4) is 0 Å². The molecule has 0 aromatic heterocycles. The van der Waals surface area contributed by atoms with Crippen LogP contribution < -0.4 is 0 Å². The Morgan fingerprint density at radius 1 is 1.27 bits per heavy atom. The highest BCUT2D eigenvalue weighted by molar-refractivity contribution is 4.71. The zero-order chi connectivity index (χ0) is 10.5. The predicted molar refractivity (Wildman–Crippen MR) is 56.5 cm³/mol. The third-order valence-electron chi connectivity index (χ3n) is 2.94. The van der Waals surface area contributed by atoms with E-state index in [1.165, 1.54) is 32.4 Å². The van der Waals surface area contributed by atoms with Crippen molar-refractivity contribution >= 4 is 0 Å². The summed E-state index contributed by atoms with van der Waals surface area (Å²) in [6.45, 7) is 6.24. The SMILES string of the molecule is CCOC1OCC(CN2CCCCC2)O1. The number of ether oxygens (including phenoxy) is 3. The summed E-state index contributed by atoms with van der Waals surface area (Å²) in [6, 6.07) is 0. The molecule has 2 atom stereocenters. The summed E-state index contributed by atoms with van der Waals surface area (Å²) >= 11 is 0. The Morgan fingerprint density at radius 3 is 2.80 bits per heavy atom. The Morgan fingerprint density at radius 2 is 2.07 bits per heavy atom. The first kappa shape index (κ1) is 11.3. The molecule has 4 nitrogen and oxygen atoms in total. The number of rotatable bonds is 4. The Labute approximate surface area is 91.5 Å². The molecule has 0 N–H and O–H groups in total. The molecule has 2 rings (SSSR count). The van der Waals surface area contributed by atoms with Gasteiger partial charge in [0.2, 0.25) is 0 Å². The lowest BCUT2D eigenvalue weighted by molar-refractivity contribution is -0.235. The topological polar surface area (TPSA) is 30.9 Å². The molecule has 2 saturated heterocycles. The summed E-state index contributed by atoms with van der Waals surface area (Å²) in [5, 5.41) is 0. The summed E-state index contributed by atoms with van der Waals surface area (Å²) in [5.41, 5.74) is 0. The van der Waals surface area contributed by atoms with Crippen molar-refractivity contribution in [3.63, 3.8) is 0 Å². The molecule has 15 heavy (non-hydrogen) atoms. The maximum Gasteiger partial charge on any atom is 0.272 e. The van der Waals surface area contributed by atoms with Gasteiger partial charge in [0.05, 0.1) is 12.7 Å². The molecular formula is C11H21NO3. The first-order valence-corrected chi connectivity index (χ1v) is 5.99. The number of hydrogen-bond acceptors (Lipinski definition) is 4. The van der Waals surface area contributed by atoms with Crippen LogP contribution in [0, 0.1) is 0 Å². The highest BCUT2D eigenvalue weighted by atomic mass is 16.9. The second-order valence-corrected chi connectivity index (χ2v) is 4.20. The van der Waals surface area contributed by atoms with E-state index in [-0.39, 0.29) is 6.10 Å². The van der Waals surface area contributed by atoms with Crippen molar-refractivity contribution < 1.29 is 14.2 Å². The molecular weight excluding hydrogens is 194 g/mol. The number of piperidine rings is 1. The van der Waals surface area contributed by atoms with Gasteiger partial charge >= 0.3 is 0 Å². The molecule has 0 bridgehead atoms. The van der Waals surface area contributed by atoms with Gasteiger partial charge in [-0.3, -0.25) is 0 Å². The number of likely N-dealkylation sites (tertiary alicyclic amines) is 1. The van der Waals surface area contributed by atoms with E-state index in [2.05, 4.69) is 4.90 Å². The first-order chi connectivity index (χ1) is 7.38. The minimum atomic E-state index is -0.426. The van der Waals surface area contributed by atoms with E-state index in [1.54, 1.807) is 0 Å². The highest BCUT2D eigenvalue weighted by Crippen LogP contribution is 2.16. The summed E-state index contributed by atoms with van der Waals surface area (Å²) in [6.07, 6.45) is 4.21. The molecule has 0 radical (unpaired) electrons. The first-order valence-electron chi connectivity index (χ1n) is 5.99. The minimum Gasteiger partial charge on any atom is -0.330 e. The molecule has 0 amide bonds. The molecule has 2 aliphatic heterocycles. The average Bonchev–Trinajstić information content (AvgIpc) is 2.68. The van der Waals surface area contributed by atoms with Crippen LogP contribution in [-0.2, 0) is 14.2 Å². The molecule has 2 heterocycles. The van der Waals surface area contributed by atoms with Gasteiger partial charge in [0.25, 0.3) is 6.48 Å². The van der Waals surface area contributed by atoms with Gasteiger partial charge in [-0.05, 0) is 32.9 Å². The van der Waals surface area contributed by atoms with Gasteiger partial charge in [-0.1, -0.05) is 6.42 Å². The lowest BCUT2D eigenvalue weighted by atomic mass is 10.1. The Hall–Kier alpha value is -0.160. The zero-order valence-electron chi connectivity index (χ0n) is 9.48. The lowest BCUT2D eigenvalue weighted by Crippen LogP contribution is -2.37. The molecule has 2 fully saturated rings. The van der Waals surface area contributed by atoms with Crippen molar-refractivity contribution in [2.45, 2.75) is 38.8 Å². The Kier molecular flexibility index (Phi) is 4.38. The van der Waals surface area contributed by atoms with Crippen molar-refractivity contribution in [1.29, 1.82) is 0 Å². The van der Waals surface area contributed by atoms with Crippen LogP contribution in [0.15, 0.2) is 0 Å². The van der Waals surface area contributed by atoms with Crippen LogP contribution in [0.3, 0.4) is 0 Å². The third-order valence-corrected chi connectivity index (χ3v) is 2.94. The third kappa shape index (κ3) is 3.41. The fourth-order valence-electron chi connectivity index (χ4n) is 2.17. The Bertz CT molecular complexity index is 183. The van der Waals surface area contributed by atoms with Gasteiger partial charge < -0.3 is 19.1 Å². The van der Waals surface area contributed by atoms with Crippen molar-refractivity contribution in [2.75, 3.05) is 32.8 Å². The largest absolute Gasteiger partial charge is 0.330 e. The van der Waals surface area contributed by atoms with Crippen LogP contribution in [-0.4, -0.2) is 50.3 Å². The van der Waals surface area contributed by atoms with E-state index in [1.807, 2.05) is 6.92 Å². The Balaban J connectivity index is 1.67. The van der Waals surface area contributed by atoms with Crippen LogP contribution in [0.1, 0.15) is 26.2 Å². The normalized spacial score (nSPS) is 33.4. The van der Waals surface area contributed by atoms with Gasteiger partial charge in [0.1, 0.15) is 0 Å². The van der Waals surface area contributed by atoms with Gasteiger partial charge in [0.15, 0.2) is 0 Å². The maximum atomic E-state index is 5.62. The molecule has 0 aliphatic carbocycles. The van der Waals surface area contributed by atoms with Gasteiger partial charge in [0, 0.05) is 13.2 Å². The second-order valence-electron chi connectivity index (χ2n) is 4.20. The van der Waals surface area contributed by atoms with Crippen LogP contribution in [0.25, 0.3) is 0 Å². The number of nitrogens with zero attached hydrogens (tertiary/aromatic N) is 1. The van der Waals surface area contributed by atoms with E-state index in [4.69, 9.17) is 14.2 Å². The quantitative estimate of drug-likeness (QED) is 0.705. The smallest absolute Gasteiger partial charge is 0.272 e. The van der Waals surface area contributed by atoms with Gasteiger partial charge in [-0.15, -0.1) is 0 Å². The van der Waals surface area contributed by atoms with E-state index >= 15 is 0 Å². The van der Waals surface area contributed by atoms with Gasteiger partial charge in [-0.2, -0.15) is 0 Å². The fraction of sp³-hybridized carbons (Fsp3) is 1.00.